The average Bonchev–Trinajstić information content (AvgIpc) is 3.09. The monoisotopic (exact) mass is 690 g/mol. The molecular weight excluding hydrogens is 632 g/mol. The Morgan fingerprint density at radius 2 is 1.08 bits per heavy atom. The molecule has 0 fully saturated rings. The molecule has 2 atom stereocenters. The lowest BCUT2D eigenvalue weighted by molar-refractivity contribution is -0.154. The number of rotatable bonds is 25. The summed E-state index contributed by atoms with van der Waals surface area (Å²) in [5.74, 6) is 0.825. The first-order valence-corrected chi connectivity index (χ1v) is 18.2. The van der Waals surface area contributed by atoms with Crippen molar-refractivity contribution in [2.75, 3.05) is 39.6 Å². The van der Waals surface area contributed by atoms with E-state index in [0.29, 0.717) is 37.6 Å². The number of benzene rings is 3. The predicted octanol–water partition coefficient (Wildman–Crippen LogP) is 9.48. The van der Waals surface area contributed by atoms with E-state index in [9.17, 15) is 9.59 Å². The van der Waals surface area contributed by atoms with E-state index in [4.69, 9.17) is 28.4 Å². The van der Waals surface area contributed by atoms with Gasteiger partial charge in [0.25, 0.3) is 0 Å². The molecule has 0 amide bonds. The molecule has 0 radical (unpaired) electrons. The Kier molecular flexibility index (Phi) is 17.9. The molecule has 8 nitrogen and oxygen atoms in total. The number of carbonyl (C=O) groups is 2. The molecule has 2 unspecified atom stereocenters. The van der Waals surface area contributed by atoms with Crippen LogP contribution in [0.3, 0.4) is 0 Å². The molecule has 0 aliphatic carbocycles. The Bertz CT molecular complexity index is 1540. The molecule has 0 saturated heterocycles. The third kappa shape index (κ3) is 13.4. The second kappa shape index (κ2) is 22.0. The number of esters is 2. The first-order valence-electron chi connectivity index (χ1n) is 18.2. The van der Waals surface area contributed by atoms with Gasteiger partial charge in [0, 0.05) is 34.4 Å². The van der Waals surface area contributed by atoms with Crippen LogP contribution in [0.25, 0.3) is 21.5 Å². The van der Waals surface area contributed by atoms with Gasteiger partial charge in [-0.2, -0.15) is 0 Å². The highest BCUT2D eigenvalue weighted by atomic mass is 16.6. The normalized spacial score (nSPS) is 12.4. The van der Waals surface area contributed by atoms with Crippen LogP contribution in [-0.2, 0) is 35.0 Å². The van der Waals surface area contributed by atoms with Crippen LogP contribution in [0.2, 0.25) is 0 Å². The largest absolute Gasteiger partial charge is 0.488 e. The summed E-state index contributed by atoms with van der Waals surface area (Å²) in [6.07, 6.45) is 5.90. The van der Waals surface area contributed by atoms with E-state index < -0.39 is 12.2 Å². The zero-order valence-corrected chi connectivity index (χ0v) is 31.0. The molecule has 0 aromatic heterocycles. The van der Waals surface area contributed by atoms with Gasteiger partial charge < -0.3 is 28.4 Å². The number of carbonyl (C=O) groups excluding carboxylic acids is 2. The minimum Gasteiger partial charge on any atom is -0.488 e. The van der Waals surface area contributed by atoms with Crippen LogP contribution in [-0.4, -0.2) is 63.8 Å². The average molecular weight is 691 g/mol. The van der Waals surface area contributed by atoms with Crippen molar-refractivity contribution in [3.63, 3.8) is 0 Å². The van der Waals surface area contributed by atoms with Gasteiger partial charge in [0.1, 0.15) is 24.7 Å². The third-order valence-corrected chi connectivity index (χ3v) is 8.09. The molecule has 3 aromatic carbocycles. The van der Waals surface area contributed by atoms with Gasteiger partial charge >= 0.3 is 11.9 Å². The highest BCUT2D eigenvalue weighted by molar-refractivity contribution is 6.11. The van der Waals surface area contributed by atoms with Gasteiger partial charge in [-0.05, 0) is 44.7 Å². The van der Waals surface area contributed by atoms with E-state index in [1.54, 1.807) is 0 Å². The fourth-order valence-corrected chi connectivity index (χ4v) is 5.52. The van der Waals surface area contributed by atoms with Crippen molar-refractivity contribution in [1.29, 1.82) is 0 Å². The number of hydrogen-bond acceptors (Lipinski definition) is 8. The van der Waals surface area contributed by atoms with E-state index in [1.807, 2.05) is 44.2 Å². The van der Waals surface area contributed by atoms with Gasteiger partial charge in [0.2, 0.25) is 0 Å². The van der Waals surface area contributed by atoms with Gasteiger partial charge in [-0.15, -0.1) is 0 Å². The number of aryl methyl sites for hydroxylation is 1. The predicted molar refractivity (Wildman–Crippen MR) is 201 cm³/mol. The quantitative estimate of drug-likeness (QED) is 0.0376. The first kappa shape index (κ1) is 40.5. The van der Waals surface area contributed by atoms with Crippen molar-refractivity contribution in [1.82, 2.24) is 0 Å². The maximum Gasteiger partial charge on any atom is 0.306 e. The Labute approximate surface area is 299 Å². The fraction of sp³-hybridized carbons (Fsp3) is 0.524. The van der Waals surface area contributed by atoms with Crippen LogP contribution in [0.15, 0.2) is 66.8 Å². The molecule has 3 aromatic rings. The van der Waals surface area contributed by atoms with Crippen LogP contribution < -0.4 is 9.47 Å². The topological polar surface area (TPSA) is 89.5 Å². The molecule has 274 valence electrons. The highest BCUT2D eigenvalue weighted by Gasteiger charge is 2.22. The van der Waals surface area contributed by atoms with Crippen LogP contribution in [0.5, 0.6) is 11.5 Å². The summed E-state index contributed by atoms with van der Waals surface area (Å²) in [4.78, 5) is 25.5. The second-order valence-corrected chi connectivity index (χ2v) is 13.1. The number of unbranched alkanes of at least 4 members (excludes halogenated alkanes) is 4. The van der Waals surface area contributed by atoms with Gasteiger partial charge in [-0.3, -0.25) is 9.59 Å². The zero-order chi connectivity index (χ0) is 36.3. The lowest BCUT2D eigenvalue weighted by Gasteiger charge is -2.23. The molecule has 3 rings (SSSR count). The van der Waals surface area contributed by atoms with Crippen molar-refractivity contribution in [2.45, 2.75) is 105 Å². The van der Waals surface area contributed by atoms with E-state index in [2.05, 4.69) is 46.1 Å². The maximum absolute atomic E-state index is 12.7. The van der Waals surface area contributed by atoms with Gasteiger partial charge in [-0.25, -0.2) is 0 Å². The second-order valence-electron chi connectivity index (χ2n) is 13.1. The Morgan fingerprint density at radius 3 is 1.52 bits per heavy atom. The van der Waals surface area contributed by atoms with E-state index in [-0.39, 0.29) is 38.4 Å². The van der Waals surface area contributed by atoms with Crippen molar-refractivity contribution in [3.8, 4) is 11.5 Å². The minimum absolute atomic E-state index is 0.112. The molecule has 0 saturated carbocycles. The van der Waals surface area contributed by atoms with Crippen LogP contribution in [0, 0.1) is 0 Å². The molecule has 0 heterocycles. The summed E-state index contributed by atoms with van der Waals surface area (Å²) in [6, 6.07) is 14.2. The van der Waals surface area contributed by atoms with E-state index >= 15 is 0 Å². The van der Waals surface area contributed by atoms with Crippen molar-refractivity contribution >= 4 is 33.5 Å². The molecule has 0 aliphatic heterocycles. The Hall–Kier alpha value is -3.88. The molecule has 0 aliphatic rings. The molecule has 0 spiro atoms. The molecule has 50 heavy (non-hydrogen) atoms. The van der Waals surface area contributed by atoms with Crippen LogP contribution >= 0.6 is 0 Å². The summed E-state index contributed by atoms with van der Waals surface area (Å²) in [7, 11) is 0. The van der Waals surface area contributed by atoms with E-state index in [0.717, 1.165) is 83.2 Å². The zero-order valence-electron chi connectivity index (χ0n) is 31.0. The lowest BCUT2D eigenvalue weighted by atomic mass is 9.98. The van der Waals surface area contributed by atoms with Gasteiger partial charge in [0.15, 0.2) is 12.2 Å². The van der Waals surface area contributed by atoms with Crippen molar-refractivity contribution in [3.05, 3.63) is 72.3 Å². The number of fused-ring (bicyclic) bond motifs is 2. The summed E-state index contributed by atoms with van der Waals surface area (Å²) in [5, 5.41) is 3.44. The summed E-state index contributed by atoms with van der Waals surface area (Å²) >= 11 is 0. The summed E-state index contributed by atoms with van der Waals surface area (Å²) in [6.45, 7) is 19.3. The number of ether oxygens (including phenoxy) is 6. The highest BCUT2D eigenvalue weighted by Crippen LogP contribution is 2.43. The van der Waals surface area contributed by atoms with Gasteiger partial charge in [-0.1, -0.05) is 107 Å². The van der Waals surface area contributed by atoms with Gasteiger partial charge in [0.05, 0.1) is 26.4 Å². The smallest absolute Gasteiger partial charge is 0.306 e. The van der Waals surface area contributed by atoms with Crippen LogP contribution in [0.4, 0.5) is 0 Å². The first-order chi connectivity index (χ1) is 24.2. The molecule has 8 heteroatoms. The standard InChI is InChI=1S/C42H58O8/c1-8-11-13-19-39(43)49-33(26-45-24-30(4)5)28-47-41-35-17-15-16-18-36(35)42(38-23-32(10-3)21-22-37(38)41)48-29-34(27-46-25-31(6)7)50-40(44)20-14-12-9-2/h15-18,21-23,33-34H,4,6,8-14,19-20,24-29H2,1-3,5,7H3. The van der Waals surface area contributed by atoms with Crippen molar-refractivity contribution < 1.29 is 38.0 Å². The Balaban J connectivity index is 1.95. The third-order valence-electron chi connectivity index (χ3n) is 8.09. The lowest BCUT2D eigenvalue weighted by Crippen LogP contribution is -2.30. The maximum atomic E-state index is 12.7. The SMILES string of the molecule is C=C(C)COCC(COc1c2ccccc2c(OCC(COCC(=C)C)OC(=O)CCCCC)c2cc(CC)ccc12)OC(=O)CCCCC. The summed E-state index contributed by atoms with van der Waals surface area (Å²) < 4.78 is 36.5. The van der Waals surface area contributed by atoms with Crippen molar-refractivity contribution in [2.24, 2.45) is 0 Å². The van der Waals surface area contributed by atoms with E-state index in [1.165, 1.54) is 0 Å². The Morgan fingerprint density at radius 1 is 0.620 bits per heavy atom. The molecule has 0 N–H and O–H groups in total. The fourth-order valence-electron chi connectivity index (χ4n) is 5.52. The minimum atomic E-state index is -0.602. The summed E-state index contributed by atoms with van der Waals surface area (Å²) in [5.41, 5.74) is 2.91. The molecule has 0 bridgehead atoms. The number of hydrogen-bond donors (Lipinski definition) is 0. The van der Waals surface area contributed by atoms with Crippen LogP contribution in [0.1, 0.15) is 91.5 Å². The molecular formula is C42H58O8.